The highest BCUT2D eigenvalue weighted by atomic mass is 16.2. The first-order valence-electron chi connectivity index (χ1n) is 6.16. The first-order chi connectivity index (χ1) is 8.97. The average molecular weight is 266 g/mol. The van der Waals surface area contributed by atoms with Crippen LogP contribution in [0.1, 0.15) is 10.4 Å². The second-order valence-corrected chi connectivity index (χ2v) is 4.85. The van der Waals surface area contributed by atoms with Gasteiger partial charge in [-0.25, -0.2) is 4.79 Å². The fraction of sp³-hybridized carbons (Fsp3) is 0.583. The molecule has 0 bridgehead atoms. The zero-order valence-electron chi connectivity index (χ0n) is 11.4. The third-order valence-corrected chi connectivity index (χ3v) is 3.59. The molecule has 0 aliphatic carbocycles. The number of carbonyl (C=O) groups is 1. The summed E-state index contributed by atoms with van der Waals surface area (Å²) >= 11 is 0. The highest BCUT2D eigenvalue weighted by molar-refractivity contribution is 5.82. The lowest BCUT2D eigenvalue weighted by molar-refractivity contribution is 0.112. The fourth-order valence-electron chi connectivity index (χ4n) is 2.36. The zero-order valence-corrected chi connectivity index (χ0v) is 11.4. The monoisotopic (exact) mass is 266 g/mol. The highest BCUT2D eigenvalue weighted by Gasteiger charge is 2.23. The Morgan fingerprint density at radius 2 is 1.53 bits per heavy atom. The van der Waals surface area contributed by atoms with Crippen LogP contribution in [0.15, 0.2) is 9.59 Å². The molecule has 7 heteroatoms. The van der Waals surface area contributed by atoms with Crippen LogP contribution in [-0.4, -0.2) is 53.5 Å². The van der Waals surface area contributed by atoms with Crippen LogP contribution < -0.4 is 16.1 Å². The second kappa shape index (κ2) is 5.00. The predicted molar refractivity (Wildman–Crippen MR) is 72.0 cm³/mol. The van der Waals surface area contributed by atoms with Gasteiger partial charge in [0.05, 0.1) is 0 Å². The molecule has 1 aromatic rings. The van der Waals surface area contributed by atoms with E-state index in [1.165, 1.54) is 11.6 Å². The number of hydrogen-bond donors (Lipinski definition) is 0. The first-order valence-corrected chi connectivity index (χ1v) is 6.16. The second-order valence-electron chi connectivity index (χ2n) is 4.85. The van der Waals surface area contributed by atoms with Gasteiger partial charge in [-0.15, -0.1) is 0 Å². The maximum atomic E-state index is 12.0. The summed E-state index contributed by atoms with van der Waals surface area (Å²) in [6.07, 6.45) is 0.537. The molecule has 0 spiro atoms. The summed E-state index contributed by atoms with van der Waals surface area (Å²) in [4.78, 5) is 39.2. The van der Waals surface area contributed by atoms with Crippen LogP contribution in [0, 0.1) is 0 Å². The molecule has 7 nitrogen and oxygen atoms in total. The third-order valence-electron chi connectivity index (χ3n) is 3.59. The Labute approximate surface area is 110 Å². The molecular formula is C12H18N4O3. The van der Waals surface area contributed by atoms with Gasteiger partial charge in [0.25, 0.3) is 5.56 Å². The average Bonchev–Trinajstić information content (AvgIpc) is 2.41. The summed E-state index contributed by atoms with van der Waals surface area (Å²) in [5.41, 5.74) is -0.897. The van der Waals surface area contributed by atoms with Crippen molar-refractivity contribution in [1.29, 1.82) is 0 Å². The number of aromatic nitrogens is 2. The van der Waals surface area contributed by atoms with E-state index < -0.39 is 11.2 Å². The smallest absolute Gasteiger partial charge is 0.332 e. The van der Waals surface area contributed by atoms with E-state index in [1.807, 2.05) is 11.9 Å². The Hall–Kier alpha value is -1.89. The largest absolute Gasteiger partial charge is 0.355 e. The van der Waals surface area contributed by atoms with Crippen LogP contribution in [0.25, 0.3) is 0 Å². The Balaban J connectivity index is 2.59. The number of hydrogen-bond acceptors (Lipinski definition) is 5. The van der Waals surface area contributed by atoms with Gasteiger partial charge in [-0.1, -0.05) is 0 Å². The number of aldehydes is 1. The Morgan fingerprint density at radius 1 is 0.947 bits per heavy atom. The van der Waals surface area contributed by atoms with Crippen LogP contribution in [0.5, 0.6) is 0 Å². The molecule has 0 unspecified atom stereocenters. The summed E-state index contributed by atoms with van der Waals surface area (Å²) < 4.78 is 2.33. The van der Waals surface area contributed by atoms with Gasteiger partial charge in [-0.3, -0.25) is 18.7 Å². The van der Waals surface area contributed by atoms with E-state index >= 15 is 0 Å². The molecule has 2 heterocycles. The van der Waals surface area contributed by atoms with Crippen molar-refractivity contribution in [3.05, 3.63) is 26.4 Å². The molecule has 1 saturated heterocycles. The standard InChI is InChI=1S/C12H18N4O3/c1-13-4-6-16(7-5-13)10-9(8-17)11(18)15(3)12(19)14(10)2/h8H,4-7H2,1-3H3. The van der Waals surface area contributed by atoms with Gasteiger partial charge in [0.2, 0.25) is 0 Å². The lowest BCUT2D eigenvalue weighted by atomic mass is 10.2. The molecule has 1 fully saturated rings. The minimum Gasteiger partial charge on any atom is -0.355 e. The molecule has 19 heavy (non-hydrogen) atoms. The molecule has 0 saturated carbocycles. The maximum Gasteiger partial charge on any atom is 0.332 e. The van der Waals surface area contributed by atoms with Crippen molar-refractivity contribution in [2.75, 3.05) is 38.1 Å². The van der Waals surface area contributed by atoms with Crippen molar-refractivity contribution in [3.63, 3.8) is 0 Å². The fourth-order valence-corrected chi connectivity index (χ4v) is 2.36. The van der Waals surface area contributed by atoms with E-state index in [1.54, 1.807) is 7.05 Å². The summed E-state index contributed by atoms with van der Waals surface area (Å²) in [5, 5.41) is 0. The lowest BCUT2D eigenvalue weighted by Crippen LogP contribution is -2.49. The van der Waals surface area contributed by atoms with E-state index in [9.17, 15) is 14.4 Å². The topological polar surface area (TPSA) is 67.6 Å². The van der Waals surface area contributed by atoms with Crippen LogP contribution in [0.4, 0.5) is 5.82 Å². The van der Waals surface area contributed by atoms with Gasteiger partial charge < -0.3 is 9.80 Å². The number of piperazine rings is 1. The number of rotatable bonds is 2. The van der Waals surface area contributed by atoms with Crippen molar-refractivity contribution < 1.29 is 4.79 Å². The molecule has 0 radical (unpaired) electrons. The van der Waals surface area contributed by atoms with Crippen molar-refractivity contribution in [2.24, 2.45) is 14.1 Å². The van der Waals surface area contributed by atoms with Gasteiger partial charge in [-0.05, 0) is 7.05 Å². The van der Waals surface area contributed by atoms with Crippen molar-refractivity contribution in [1.82, 2.24) is 14.0 Å². The summed E-state index contributed by atoms with van der Waals surface area (Å²) in [5.74, 6) is 0.427. The quantitative estimate of drug-likeness (QED) is 0.619. The SMILES string of the molecule is CN1CCN(c2c(C=O)c(=O)n(C)c(=O)n2C)CC1. The molecule has 1 aliphatic heterocycles. The molecule has 104 valence electrons. The van der Waals surface area contributed by atoms with Crippen LogP contribution in [0.3, 0.4) is 0 Å². The summed E-state index contributed by atoms with van der Waals surface area (Å²) in [7, 11) is 4.98. The minimum atomic E-state index is -0.535. The van der Waals surface area contributed by atoms with E-state index in [4.69, 9.17) is 0 Å². The molecule has 2 rings (SSSR count). The molecule has 1 aliphatic rings. The van der Waals surface area contributed by atoms with Crippen molar-refractivity contribution >= 4 is 12.1 Å². The predicted octanol–water partition coefficient (Wildman–Crippen LogP) is -1.35. The lowest BCUT2D eigenvalue weighted by Gasteiger charge is -2.35. The van der Waals surface area contributed by atoms with E-state index in [0.29, 0.717) is 25.2 Å². The Morgan fingerprint density at radius 3 is 2.05 bits per heavy atom. The van der Waals surface area contributed by atoms with Gasteiger partial charge in [0.1, 0.15) is 11.4 Å². The van der Waals surface area contributed by atoms with Crippen molar-refractivity contribution in [3.8, 4) is 0 Å². The number of anilines is 1. The molecule has 1 aromatic heterocycles. The third kappa shape index (κ3) is 2.21. The Kier molecular flexibility index (Phi) is 3.57. The zero-order chi connectivity index (χ0) is 14.2. The van der Waals surface area contributed by atoms with E-state index in [-0.39, 0.29) is 5.56 Å². The number of nitrogens with zero attached hydrogens (tertiary/aromatic N) is 4. The van der Waals surface area contributed by atoms with E-state index in [2.05, 4.69) is 4.90 Å². The molecule has 0 aromatic carbocycles. The van der Waals surface area contributed by atoms with Crippen LogP contribution in [-0.2, 0) is 14.1 Å². The van der Waals surface area contributed by atoms with Crippen LogP contribution >= 0.6 is 0 Å². The first kappa shape index (κ1) is 13.5. The van der Waals surface area contributed by atoms with Gasteiger partial charge >= 0.3 is 5.69 Å². The van der Waals surface area contributed by atoms with E-state index in [0.717, 1.165) is 17.7 Å². The van der Waals surface area contributed by atoms with Crippen LogP contribution in [0.2, 0.25) is 0 Å². The Bertz CT molecular complexity index is 609. The van der Waals surface area contributed by atoms with Gasteiger partial charge in [0.15, 0.2) is 6.29 Å². The minimum absolute atomic E-state index is 0.0501. The molecule has 0 atom stereocenters. The van der Waals surface area contributed by atoms with Gasteiger partial charge in [-0.2, -0.15) is 0 Å². The number of carbonyl (C=O) groups excluding carboxylic acids is 1. The van der Waals surface area contributed by atoms with Crippen molar-refractivity contribution in [2.45, 2.75) is 0 Å². The molecule has 0 N–H and O–H groups in total. The number of likely N-dealkylation sites (N-methyl/N-ethyl adjacent to an activating group) is 1. The molecule has 0 amide bonds. The maximum absolute atomic E-state index is 12.0. The normalized spacial score (nSPS) is 16.7. The summed E-state index contributed by atoms with van der Waals surface area (Å²) in [6, 6.07) is 0. The molecular weight excluding hydrogens is 248 g/mol. The van der Waals surface area contributed by atoms with Gasteiger partial charge in [0, 0.05) is 40.3 Å². The highest BCUT2D eigenvalue weighted by Crippen LogP contribution is 2.15. The summed E-state index contributed by atoms with van der Waals surface area (Å²) in [6.45, 7) is 3.05.